The Morgan fingerprint density at radius 2 is 2.18 bits per heavy atom. The molecule has 0 bridgehead atoms. The Hall–Kier alpha value is -2.30. The highest BCUT2D eigenvalue weighted by atomic mass is 16.4. The van der Waals surface area contributed by atoms with Gasteiger partial charge in [0.15, 0.2) is 0 Å². The molecule has 5 nitrogen and oxygen atoms in total. The van der Waals surface area contributed by atoms with Crippen LogP contribution in [0.2, 0.25) is 0 Å². The second-order valence-electron chi connectivity index (χ2n) is 3.46. The third-order valence-corrected chi connectivity index (χ3v) is 2.14. The van der Waals surface area contributed by atoms with Gasteiger partial charge in [-0.3, -0.25) is 0 Å². The number of nitrogens with one attached hydrogen (secondary N) is 2. The molecule has 1 rings (SSSR count). The Morgan fingerprint density at radius 1 is 1.47 bits per heavy atom. The van der Waals surface area contributed by atoms with E-state index >= 15 is 0 Å². The van der Waals surface area contributed by atoms with Crippen molar-refractivity contribution in [1.29, 1.82) is 0 Å². The number of amides is 2. The Morgan fingerprint density at radius 3 is 2.76 bits per heavy atom. The highest BCUT2D eigenvalue weighted by Crippen LogP contribution is 2.16. The lowest BCUT2D eigenvalue weighted by Crippen LogP contribution is -2.29. The molecule has 0 spiro atoms. The third-order valence-electron chi connectivity index (χ3n) is 2.14. The fourth-order valence-electron chi connectivity index (χ4n) is 1.22. The highest BCUT2D eigenvalue weighted by molar-refractivity contribution is 5.93. The van der Waals surface area contributed by atoms with Gasteiger partial charge in [-0.2, -0.15) is 0 Å². The zero-order valence-electron chi connectivity index (χ0n) is 9.49. The Bertz CT molecular complexity index is 455. The molecule has 1 aromatic rings. The highest BCUT2D eigenvalue weighted by Gasteiger charge is 2.08. The van der Waals surface area contributed by atoms with Crippen LogP contribution in [0, 0.1) is 6.92 Å². The molecular weight excluding hydrogens is 220 g/mol. The number of carboxylic acids is 1. The molecule has 0 fully saturated rings. The van der Waals surface area contributed by atoms with Crippen molar-refractivity contribution in [2.24, 2.45) is 0 Å². The van der Waals surface area contributed by atoms with Crippen LogP contribution in [0.25, 0.3) is 0 Å². The standard InChI is InChI=1S/C12H14N2O3/c1-3-6-13-12(17)14-10-7-9(11(15)16)5-4-8(10)2/h3-5,7H,1,6H2,2H3,(H,15,16)(H2,13,14,17). The average Bonchev–Trinajstić information content (AvgIpc) is 2.29. The van der Waals surface area contributed by atoms with Gasteiger partial charge in [-0.25, -0.2) is 9.59 Å². The van der Waals surface area contributed by atoms with Crippen LogP contribution in [-0.4, -0.2) is 23.7 Å². The Balaban J connectivity index is 2.82. The van der Waals surface area contributed by atoms with Crippen molar-refractivity contribution in [1.82, 2.24) is 5.32 Å². The lowest BCUT2D eigenvalue weighted by atomic mass is 10.1. The minimum atomic E-state index is -1.03. The van der Waals surface area contributed by atoms with E-state index in [0.717, 1.165) is 5.56 Å². The molecule has 2 amide bonds. The van der Waals surface area contributed by atoms with Crippen LogP contribution in [0.1, 0.15) is 15.9 Å². The SMILES string of the molecule is C=CCNC(=O)Nc1cc(C(=O)O)ccc1C. The average molecular weight is 234 g/mol. The Labute approximate surface area is 99.1 Å². The molecule has 0 heterocycles. The molecule has 3 N–H and O–H groups in total. The minimum absolute atomic E-state index is 0.134. The zero-order valence-corrected chi connectivity index (χ0v) is 9.49. The first-order chi connectivity index (χ1) is 8.04. The lowest BCUT2D eigenvalue weighted by Gasteiger charge is -2.09. The molecule has 0 aliphatic carbocycles. The molecule has 0 unspecified atom stereocenters. The van der Waals surface area contributed by atoms with Gasteiger partial charge >= 0.3 is 12.0 Å². The van der Waals surface area contributed by atoms with E-state index in [1.54, 1.807) is 19.1 Å². The van der Waals surface area contributed by atoms with E-state index in [4.69, 9.17) is 5.11 Å². The van der Waals surface area contributed by atoms with Crippen LogP contribution in [0.4, 0.5) is 10.5 Å². The van der Waals surface area contributed by atoms with Crippen LogP contribution in [0.3, 0.4) is 0 Å². The molecule has 90 valence electrons. The first kappa shape index (κ1) is 12.8. The number of hydrogen-bond donors (Lipinski definition) is 3. The van der Waals surface area contributed by atoms with Gasteiger partial charge in [-0.1, -0.05) is 12.1 Å². The van der Waals surface area contributed by atoms with Crippen molar-refractivity contribution in [3.8, 4) is 0 Å². The first-order valence-corrected chi connectivity index (χ1v) is 5.04. The summed E-state index contributed by atoms with van der Waals surface area (Å²) in [5.41, 5.74) is 1.41. The van der Waals surface area contributed by atoms with E-state index in [1.807, 2.05) is 0 Å². The van der Waals surface area contributed by atoms with Crippen LogP contribution in [0.15, 0.2) is 30.9 Å². The summed E-state index contributed by atoms with van der Waals surface area (Å²) in [5.74, 6) is -1.03. The molecule has 0 aliphatic rings. The lowest BCUT2D eigenvalue weighted by molar-refractivity contribution is 0.0697. The molecule has 1 aromatic carbocycles. The number of hydrogen-bond acceptors (Lipinski definition) is 2. The predicted molar refractivity (Wildman–Crippen MR) is 65.4 cm³/mol. The van der Waals surface area contributed by atoms with Crippen molar-refractivity contribution in [3.05, 3.63) is 42.0 Å². The van der Waals surface area contributed by atoms with E-state index < -0.39 is 12.0 Å². The van der Waals surface area contributed by atoms with Gasteiger partial charge in [-0.05, 0) is 24.6 Å². The van der Waals surface area contributed by atoms with Gasteiger partial charge in [0, 0.05) is 12.2 Å². The summed E-state index contributed by atoms with van der Waals surface area (Å²) in [7, 11) is 0. The number of carbonyl (C=O) groups is 2. The van der Waals surface area contributed by atoms with Crippen molar-refractivity contribution in [3.63, 3.8) is 0 Å². The molecular formula is C12H14N2O3. The maximum absolute atomic E-state index is 11.4. The van der Waals surface area contributed by atoms with Crippen LogP contribution < -0.4 is 10.6 Å². The van der Waals surface area contributed by atoms with Crippen LogP contribution >= 0.6 is 0 Å². The summed E-state index contributed by atoms with van der Waals surface area (Å²) in [5, 5.41) is 14.0. The summed E-state index contributed by atoms with van der Waals surface area (Å²) >= 11 is 0. The number of urea groups is 1. The molecule has 0 radical (unpaired) electrons. The zero-order chi connectivity index (χ0) is 12.8. The van der Waals surface area contributed by atoms with Gasteiger partial charge in [-0.15, -0.1) is 6.58 Å². The number of carbonyl (C=O) groups excluding carboxylic acids is 1. The van der Waals surface area contributed by atoms with E-state index in [0.29, 0.717) is 12.2 Å². The number of anilines is 1. The fraction of sp³-hybridized carbons (Fsp3) is 0.167. The van der Waals surface area contributed by atoms with Gasteiger partial charge in [0.05, 0.1) is 5.56 Å². The third kappa shape index (κ3) is 3.64. The van der Waals surface area contributed by atoms with E-state index in [9.17, 15) is 9.59 Å². The van der Waals surface area contributed by atoms with E-state index in [2.05, 4.69) is 17.2 Å². The van der Waals surface area contributed by atoms with Crippen LogP contribution in [-0.2, 0) is 0 Å². The molecule has 0 aliphatic heterocycles. The van der Waals surface area contributed by atoms with Gasteiger partial charge < -0.3 is 15.7 Å². The maximum Gasteiger partial charge on any atom is 0.335 e. The summed E-state index contributed by atoms with van der Waals surface area (Å²) in [6.45, 7) is 5.61. The monoisotopic (exact) mass is 234 g/mol. The topological polar surface area (TPSA) is 78.4 Å². The fourth-order valence-corrected chi connectivity index (χ4v) is 1.22. The largest absolute Gasteiger partial charge is 0.478 e. The van der Waals surface area contributed by atoms with Crippen molar-refractivity contribution in [2.45, 2.75) is 6.92 Å². The second kappa shape index (κ2) is 5.69. The normalized spacial score (nSPS) is 9.47. The van der Waals surface area contributed by atoms with Crippen molar-refractivity contribution in [2.75, 3.05) is 11.9 Å². The van der Waals surface area contributed by atoms with Gasteiger partial charge in [0.2, 0.25) is 0 Å². The van der Waals surface area contributed by atoms with Gasteiger partial charge in [0.25, 0.3) is 0 Å². The number of carboxylic acid groups (broad SMARTS) is 1. The predicted octanol–water partition coefficient (Wildman–Crippen LogP) is 2.00. The minimum Gasteiger partial charge on any atom is -0.478 e. The second-order valence-corrected chi connectivity index (χ2v) is 3.46. The first-order valence-electron chi connectivity index (χ1n) is 5.04. The smallest absolute Gasteiger partial charge is 0.335 e. The van der Waals surface area contributed by atoms with Crippen molar-refractivity contribution < 1.29 is 14.7 Å². The van der Waals surface area contributed by atoms with Gasteiger partial charge in [0.1, 0.15) is 0 Å². The quantitative estimate of drug-likeness (QED) is 0.697. The molecule has 17 heavy (non-hydrogen) atoms. The molecule has 0 saturated heterocycles. The van der Waals surface area contributed by atoms with E-state index in [-0.39, 0.29) is 5.56 Å². The summed E-state index contributed by atoms with van der Waals surface area (Å²) in [6.07, 6.45) is 1.56. The molecule has 0 aromatic heterocycles. The summed E-state index contributed by atoms with van der Waals surface area (Å²) in [4.78, 5) is 22.2. The molecule has 5 heteroatoms. The van der Waals surface area contributed by atoms with Crippen LogP contribution in [0.5, 0.6) is 0 Å². The number of rotatable bonds is 4. The number of aromatic carboxylic acids is 1. The molecule has 0 atom stereocenters. The summed E-state index contributed by atoms with van der Waals surface area (Å²) < 4.78 is 0. The summed E-state index contributed by atoms with van der Waals surface area (Å²) in [6, 6.07) is 4.16. The molecule has 0 saturated carbocycles. The van der Waals surface area contributed by atoms with Crippen molar-refractivity contribution >= 4 is 17.7 Å². The number of aryl methyl sites for hydroxylation is 1. The Kier molecular flexibility index (Phi) is 4.28. The van der Waals surface area contributed by atoms with E-state index in [1.165, 1.54) is 12.1 Å². The maximum atomic E-state index is 11.4. The number of benzene rings is 1.